The van der Waals surface area contributed by atoms with Crippen molar-refractivity contribution in [3.05, 3.63) is 54.1 Å². The van der Waals surface area contributed by atoms with Crippen LogP contribution in [0.2, 0.25) is 0 Å². The average Bonchev–Trinajstić information content (AvgIpc) is 3.01. The molecule has 1 unspecified atom stereocenters. The van der Waals surface area contributed by atoms with Crippen LogP contribution in [0.5, 0.6) is 0 Å². The van der Waals surface area contributed by atoms with Gasteiger partial charge in [0.05, 0.1) is 12.6 Å². The van der Waals surface area contributed by atoms with Crippen molar-refractivity contribution in [1.29, 1.82) is 0 Å². The summed E-state index contributed by atoms with van der Waals surface area (Å²) >= 11 is 0. The van der Waals surface area contributed by atoms with E-state index in [4.69, 9.17) is 0 Å². The Labute approximate surface area is 132 Å². The maximum atomic E-state index is 12.6. The van der Waals surface area contributed by atoms with Gasteiger partial charge in [-0.25, -0.2) is 9.78 Å². The quantitative estimate of drug-likeness (QED) is 0.725. The fraction of sp³-hybridized carbons (Fsp3) is 0.333. The molecular weight excluding hydrogens is 306 g/mol. The van der Waals surface area contributed by atoms with Gasteiger partial charge in [-0.3, -0.25) is 4.57 Å². The number of urea groups is 1. The van der Waals surface area contributed by atoms with Gasteiger partial charge in [-0.1, -0.05) is 30.3 Å². The summed E-state index contributed by atoms with van der Waals surface area (Å²) in [6, 6.07) is 8.83. The minimum atomic E-state index is -2.70. The smallest absolute Gasteiger partial charge is 0.319 e. The SMILES string of the molecule is O=C(NCc1nccn1C(F)F)NCC(O)Cc1ccccc1. The van der Waals surface area contributed by atoms with E-state index < -0.39 is 18.7 Å². The van der Waals surface area contributed by atoms with Crippen LogP contribution in [0, 0.1) is 0 Å². The first-order valence-electron chi connectivity index (χ1n) is 7.10. The fourth-order valence-corrected chi connectivity index (χ4v) is 2.05. The Balaban J connectivity index is 1.71. The van der Waals surface area contributed by atoms with Crippen molar-refractivity contribution in [3.8, 4) is 0 Å². The molecule has 0 aliphatic heterocycles. The van der Waals surface area contributed by atoms with Crippen LogP contribution in [0.25, 0.3) is 0 Å². The molecule has 1 aromatic heterocycles. The molecular formula is C15H18F2N4O2. The highest BCUT2D eigenvalue weighted by atomic mass is 19.3. The van der Waals surface area contributed by atoms with Gasteiger partial charge in [-0.05, 0) is 5.56 Å². The van der Waals surface area contributed by atoms with Crippen LogP contribution in [0.15, 0.2) is 42.7 Å². The molecule has 1 atom stereocenters. The van der Waals surface area contributed by atoms with Crippen molar-refractivity contribution in [3.63, 3.8) is 0 Å². The zero-order valence-electron chi connectivity index (χ0n) is 12.3. The molecule has 1 aromatic carbocycles. The lowest BCUT2D eigenvalue weighted by Crippen LogP contribution is -2.40. The predicted octanol–water partition coefficient (Wildman–Crippen LogP) is 1.68. The van der Waals surface area contributed by atoms with E-state index in [9.17, 15) is 18.7 Å². The first kappa shape index (κ1) is 16.9. The van der Waals surface area contributed by atoms with Gasteiger partial charge < -0.3 is 15.7 Å². The third-order valence-corrected chi connectivity index (χ3v) is 3.18. The third kappa shape index (κ3) is 5.33. The van der Waals surface area contributed by atoms with Crippen LogP contribution in [0.4, 0.5) is 13.6 Å². The molecule has 124 valence electrons. The number of nitrogens with one attached hydrogen (secondary N) is 2. The number of amides is 2. The first-order chi connectivity index (χ1) is 11.1. The molecule has 0 fully saturated rings. The number of imidazole rings is 1. The van der Waals surface area contributed by atoms with Crippen molar-refractivity contribution in [2.75, 3.05) is 6.54 Å². The zero-order valence-corrected chi connectivity index (χ0v) is 12.3. The molecule has 6 nitrogen and oxygen atoms in total. The molecule has 3 N–H and O–H groups in total. The number of hydrogen-bond acceptors (Lipinski definition) is 3. The van der Waals surface area contributed by atoms with E-state index in [1.165, 1.54) is 6.20 Å². The highest BCUT2D eigenvalue weighted by Gasteiger charge is 2.12. The number of aromatic nitrogens is 2. The van der Waals surface area contributed by atoms with Crippen molar-refractivity contribution in [1.82, 2.24) is 20.2 Å². The van der Waals surface area contributed by atoms with Crippen LogP contribution in [0.3, 0.4) is 0 Å². The van der Waals surface area contributed by atoms with Gasteiger partial charge in [0, 0.05) is 25.4 Å². The molecule has 0 aliphatic rings. The molecule has 0 bridgehead atoms. The number of aliphatic hydroxyl groups is 1. The zero-order chi connectivity index (χ0) is 16.7. The summed E-state index contributed by atoms with van der Waals surface area (Å²) in [5.41, 5.74) is 0.959. The monoisotopic (exact) mass is 324 g/mol. The molecule has 8 heteroatoms. The van der Waals surface area contributed by atoms with Gasteiger partial charge in [0.25, 0.3) is 0 Å². The maximum Gasteiger partial charge on any atom is 0.319 e. The Morgan fingerprint density at radius 1 is 1.26 bits per heavy atom. The normalized spacial score (nSPS) is 12.2. The van der Waals surface area contributed by atoms with E-state index in [0.29, 0.717) is 11.0 Å². The maximum absolute atomic E-state index is 12.6. The number of hydrogen-bond donors (Lipinski definition) is 3. The average molecular weight is 324 g/mol. The summed E-state index contributed by atoms with van der Waals surface area (Å²) in [4.78, 5) is 15.4. The number of carbonyl (C=O) groups excluding carboxylic acids is 1. The second-order valence-corrected chi connectivity index (χ2v) is 4.94. The molecule has 0 aliphatic carbocycles. The van der Waals surface area contributed by atoms with Gasteiger partial charge in [0.1, 0.15) is 5.82 Å². The Morgan fingerprint density at radius 3 is 2.70 bits per heavy atom. The van der Waals surface area contributed by atoms with E-state index in [1.54, 1.807) is 0 Å². The summed E-state index contributed by atoms with van der Waals surface area (Å²) in [7, 11) is 0. The number of rotatable bonds is 7. The Kier molecular flexibility index (Phi) is 6.04. The van der Waals surface area contributed by atoms with Crippen molar-refractivity contribution in [2.24, 2.45) is 0 Å². The number of benzene rings is 1. The molecule has 0 spiro atoms. The predicted molar refractivity (Wildman–Crippen MR) is 79.9 cm³/mol. The molecule has 0 saturated carbocycles. The number of carbonyl (C=O) groups is 1. The third-order valence-electron chi connectivity index (χ3n) is 3.18. The van der Waals surface area contributed by atoms with Gasteiger partial charge in [-0.15, -0.1) is 0 Å². The van der Waals surface area contributed by atoms with E-state index in [-0.39, 0.29) is 18.9 Å². The van der Waals surface area contributed by atoms with Gasteiger partial charge in [0.15, 0.2) is 0 Å². The standard InChI is InChI=1S/C15H18F2N4O2/c16-14(17)21-7-6-18-13(21)10-20-15(23)19-9-12(22)8-11-4-2-1-3-5-11/h1-7,12,14,22H,8-10H2,(H2,19,20,23). The second-order valence-electron chi connectivity index (χ2n) is 4.94. The van der Waals surface area contributed by atoms with E-state index >= 15 is 0 Å². The van der Waals surface area contributed by atoms with Crippen LogP contribution in [-0.2, 0) is 13.0 Å². The molecule has 1 heterocycles. The van der Waals surface area contributed by atoms with Gasteiger partial charge >= 0.3 is 12.6 Å². The number of alkyl halides is 2. The highest BCUT2D eigenvalue weighted by molar-refractivity contribution is 5.73. The summed E-state index contributed by atoms with van der Waals surface area (Å²) < 4.78 is 25.9. The van der Waals surface area contributed by atoms with Crippen LogP contribution in [0.1, 0.15) is 17.9 Å². The minimum absolute atomic E-state index is 0.0555. The van der Waals surface area contributed by atoms with E-state index in [1.807, 2.05) is 30.3 Å². The molecule has 0 saturated heterocycles. The van der Waals surface area contributed by atoms with E-state index in [0.717, 1.165) is 11.8 Å². The van der Waals surface area contributed by atoms with Crippen LogP contribution < -0.4 is 10.6 Å². The molecule has 2 amide bonds. The lowest BCUT2D eigenvalue weighted by molar-refractivity contribution is 0.0667. The van der Waals surface area contributed by atoms with Crippen LogP contribution in [-0.4, -0.2) is 33.3 Å². The van der Waals surface area contributed by atoms with Gasteiger partial charge in [-0.2, -0.15) is 8.78 Å². The number of nitrogens with zero attached hydrogens (tertiary/aromatic N) is 2. The summed E-state index contributed by atoms with van der Waals surface area (Å²) in [6.07, 6.45) is 2.07. The van der Waals surface area contributed by atoms with Crippen molar-refractivity contribution < 1.29 is 18.7 Å². The number of aliphatic hydroxyl groups excluding tert-OH is 1. The lowest BCUT2D eigenvalue weighted by atomic mass is 10.1. The fourth-order valence-electron chi connectivity index (χ4n) is 2.05. The van der Waals surface area contributed by atoms with Crippen molar-refractivity contribution in [2.45, 2.75) is 25.6 Å². The van der Waals surface area contributed by atoms with Gasteiger partial charge in [0.2, 0.25) is 0 Å². The van der Waals surface area contributed by atoms with Crippen molar-refractivity contribution >= 4 is 6.03 Å². The molecule has 2 aromatic rings. The number of halogens is 2. The summed E-state index contributed by atoms with van der Waals surface area (Å²) in [6.45, 7) is -2.77. The van der Waals surface area contributed by atoms with E-state index in [2.05, 4.69) is 15.6 Å². The lowest BCUT2D eigenvalue weighted by Gasteiger charge is -2.13. The highest BCUT2D eigenvalue weighted by Crippen LogP contribution is 2.11. The molecule has 2 rings (SSSR count). The topological polar surface area (TPSA) is 79.2 Å². The second kappa shape index (κ2) is 8.23. The first-order valence-corrected chi connectivity index (χ1v) is 7.10. The Morgan fingerprint density at radius 2 is 2.00 bits per heavy atom. The molecule has 23 heavy (non-hydrogen) atoms. The van der Waals surface area contributed by atoms with Crippen LogP contribution >= 0.6 is 0 Å². The largest absolute Gasteiger partial charge is 0.391 e. The minimum Gasteiger partial charge on any atom is -0.391 e. The molecule has 0 radical (unpaired) electrons. The summed E-state index contributed by atoms with van der Waals surface area (Å²) in [5.74, 6) is 0.0555. The Hall–Kier alpha value is -2.48. The summed E-state index contributed by atoms with van der Waals surface area (Å²) in [5, 5.41) is 14.8. The Bertz CT molecular complexity index is 619.